The molecule has 0 aliphatic rings. The van der Waals surface area contributed by atoms with Gasteiger partial charge in [-0.2, -0.15) is 0 Å². The number of aliphatic hydroxyl groups is 1. The van der Waals surface area contributed by atoms with Gasteiger partial charge in [-0.15, -0.1) is 0 Å². The number of rotatable bonds is 6. The highest BCUT2D eigenvalue weighted by atomic mass is 16.3. The van der Waals surface area contributed by atoms with E-state index in [0.29, 0.717) is 6.54 Å². The maximum absolute atomic E-state index is 11.3. The lowest BCUT2D eigenvalue weighted by molar-refractivity contribution is -0.122. The molecule has 3 N–H and O–H groups in total. The van der Waals surface area contributed by atoms with E-state index in [4.69, 9.17) is 5.11 Å². The monoisotopic (exact) mass is 188 g/mol. The molecule has 0 bridgehead atoms. The summed E-state index contributed by atoms with van der Waals surface area (Å²) in [5.74, 6) is -0.0119. The summed E-state index contributed by atoms with van der Waals surface area (Å²) in [5.41, 5.74) is 0. The first-order valence-electron chi connectivity index (χ1n) is 4.76. The first-order chi connectivity index (χ1) is 6.11. The van der Waals surface area contributed by atoms with Gasteiger partial charge in [0.2, 0.25) is 5.91 Å². The minimum Gasteiger partial charge on any atom is -0.395 e. The van der Waals surface area contributed by atoms with Crippen molar-refractivity contribution in [3.8, 4) is 0 Å². The van der Waals surface area contributed by atoms with Crippen LogP contribution in [-0.2, 0) is 4.79 Å². The highest BCUT2D eigenvalue weighted by molar-refractivity contribution is 5.81. The van der Waals surface area contributed by atoms with Crippen LogP contribution in [0.15, 0.2) is 0 Å². The van der Waals surface area contributed by atoms with Crippen molar-refractivity contribution in [2.24, 2.45) is 0 Å². The molecule has 78 valence electrons. The zero-order valence-corrected chi connectivity index (χ0v) is 8.63. The number of hydrogen-bond donors (Lipinski definition) is 3. The van der Waals surface area contributed by atoms with Gasteiger partial charge in [-0.3, -0.25) is 4.79 Å². The van der Waals surface area contributed by atoms with Crippen molar-refractivity contribution in [2.75, 3.05) is 13.2 Å². The van der Waals surface area contributed by atoms with Crippen LogP contribution in [0.25, 0.3) is 0 Å². The SMILES string of the molecule is CCCNC(=O)C(C)NC(C)CO. The topological polar surface area (TPSA) is 61.4 Å². The molecule has 2 atom stereocenters. The Hall–Kier alpha value is -0.610. The molecule has 0 heterocycles. The number of aliphatic hydroxyl groups excluding tert-OH is 1. The predicted octanol–water partition coefficient (Wildman–Crippen LogP) is -0.128. The molecular formula is C9H20N2O2. The van der Waals surface area contributed by atoms with E-state index in [2.05, 4.69) is 10.6 Å². The number of carbonyl (C=O) groups is 1. The maximum Gasteiger partial charge on any atom is 0.236 e. The van der Waals surface area contributed by atoms with Crippen molar-refractivity contribution in [1.29, 1.82) is 0 Å². The van der Waals surface area contributed by atoms with E-state index in [1.54, 1.807) is 6.92 Å². The van der Waals surface area contributed by atoms with E-state index in [1.165, 1.54) is 0 Å². The van der Waals surface area contributed by atoms with E-state index in [9.17, 15) is 4.79 Å². The van der Waals surface area contributed by atoms with E-state index in [0.717, 1.165) is 6.42 Å². The quantitative estimate of drug-likeness (QED) is 0.544. The van der Waals surface area contributed by atoms with Gasteiger partial charge in [0.05, 0.1) is 12.6 Å². The van der Waals surface area contributed by atoms with Crippen LogP contribution in [-0.4, -0.2) is 36.2 Å². The molecule has 4 heteroatoms. The number of nitrogens with one attached hydrogen (secondary N) is 2. The Kier molecular flexibility index (Phi) is 6.54. The third kappa shape index (κ3) is 5.60. The first kappa shape index (κ1) is 12.4. The Morgan fingerprint density at radius 2 is 2.08 bits per heavy atom. The highest BCUT2D eigenvalue weighted by Gasteiger charge is 2.13. The molecule has 1 amide bonds. The minimum atomic E-state index is -0.242. The molecule has 4 nitrogen and oxygen atoms in total. The zero-order chi connectivity index (χ0) is 10.3. The molecule has 2 unspecified atom stereocenters. The standard InChI is InChI=1S/C9H20N2O2/c1-4-5-10-9(13)8(3)11-7(2)6-12/h7-8,11-12H,4-6H2,1-3H3,(H,10,13). The summed E-state index contributed by atoms with van der Waals surface area (Å²) < 4.78 is 0. The van der Waals surface area contributed by atoms with Crippen LogP contribution in [0.1, 0.15) is 27.2 Å². The van der Waals surface area contributed by atoms with Crippen LogP contribution in [0.3, 0.4) is 0 Å². The van der Waals surface area contributed by atoms with Crippen molar-refractivity contribution in [2.45, 2.75) is 39.3 Å². The number of hydrogen-bond acceptors (Lipinski definition) is 3. The number of carbonyl (C=O) groups excluding carboxylic acids is 1. The zero-order valence-electron chi connectivity index (χ0n) is 8.63. The van der Waals surface area contributed by atoms with Gasteiger partial charge in [0.25, 0.3) is 0 Å². The fourth-order valence-electron chi connectivity index (χ4n) is 0.956. The van der Waals surface area contributed by atoms with E-state index < -0.39 is 0 Å². The molecule has 0 aromatic carbocycles. The van der Waals surface area contributed by atoms with Gasteiger partial charge in [0.15, 0.2) is 0 Å². The molecule has 0 rings (SSSR count). The fraction of sp³-hybridized carbons (Fsp3) is 0.889. The smallest absolute Gasteiger partial charge is 0.236 e. The second kappa shape index (κ2) is 6.86. The van der Waals surface area contributed by atoms with Gasteiger partial charge in [-0.1, -0.05) is 6.92 Å². The average molecular weight is 188 g/mol. The second-order valence-corrected chi connectivity index (χ2v) is 3.26. The molecule has 0 aliphatic carbocycles. The maximum atomic E-state index is 11.3. The lowest BCUT2D eigenvalue weighted by Gasteiger charge is -2.17. The Balaban J connectivity index is 3.68. The average Bonchev–Trinajstić information content (AvgIpc) is 2.13. The third-order valence-electron chi connectivity index (χ3n) is 1.75. The molecule has 0 spiro atoms. The van der Waals surface area contributed by atoms with Gasteiger partial charge in [-0.25, -0.2) is 0 Å². The van der Waals surface area contributed by atoms with Crippen molar-refractivity contribution >= 4 is 5.91 Å². The summed E-state index contributed by atoms with van der Waals surface area (Å²) in [4.78, 5) is 11.3. The third-order valence-corrected chi connectivity index (χ3v) is 1.75. The summed E-state index contributed by atoms with van der Waals surface area (Å²) in [6, 6.07) is -0.281. The highest BCUT2D eigenvalue weighted by Crippen LogP contribution is 1.87. The molecule has 0 saturated carbocycles. The summed E-state index contributed by atoms with van der Waals surface area (Å²) in [5, 5.41) is 14.5. The first-order valence-corrected chi connectivity index (χ1v) is 4.76. The van der Waals surface area contributed by atoms with Crippen molar-refractivity contribution < 1.29 is 9.90 Å². The van der Waals surface area contributed by atoms with Gasteiger partial charge in [0, 0.05) is 12.6 Å². The Labute approximate surface area is 79.7 Å². The number of amides is 1. The molecule has 0 saturated heterocycles. The molecule has 0 aromatic heterocycles. The summed E-state index contributed by atoms with van der Waals surface area (Å²) in [6.45, 7) is 6.39. The van der Waals surface area contributed by atoms with Crippen LogP contribution >= 0.6 is 0 Å². The minimum absolute atomic E-state index is 0.0119. The second-order valence-electron chi connectivity index (χ2n) is 3.26. The van der Waals surface area contributed by atoms with Crippen LogP contribution < -0.4 is 10.6 Å². The Morgan fingerprint density at radius 1 is 1.46 bits per heavy atom. The van der Waals surface area contributed by atoms with Crippen LogP contribution in [0.2, 0.25) is 0 Å². The van der Waals surface area contributed by atoms with E-state index in [-0.39, 0.29) is 24.6 Å². The molecule has 13 heavy (non-hydrogen) atoms. The normalized spacial score (nSPS) is 15.1. The Bertz CT molecular complexity index is 151. The van der Waals surface area contributed by atoms with Gasteiger partial charge in [0.1, 0.15) is 0 Å². The molecule has 0 aliphatic heterocycles. The largest absolute Gasteiger partial charge is 0.395 e. The van der Waals surface area contributed by atoms with E-state index >= 15 is 0 Å². The predicted molar refractivity (Wildman–Crippen MR) is 52.4 cm³/mol. The van der Waals surface area contributed by atoms with Gasteiger partial charge >= 0.3 is 0 Å². The van der Waals surface area contributed by atoms with Crippen LogP contribution in [0.5, 0.6) is 0 Å². The van der Waals surface area contributed by atoms with Crippen molar-refractivity contribution in [1.82, 2.24) is 10.6 Å². The lowest BCUT2D eigenvalue weighted by atomic mass is 10.2. The fourth-order valence-corrected chi connectivity index (χ4v) is 0.956. The van der Waals surface area contributed by atoms with Gasteiger partial charge in [-0.05, 0) is 20.3 Å². The summed E-state index contributed by atoms with van der Waals surface area (Å²) >= 11 is 0. The van der Waals surface area contributed by atoms with Crippen molar-refractivity contribution in [3.05, 3.63) is 0 Å². The van der Waals surface area contributed by atoms with E-state index in [1.807, 2.05) is 13.8 Å². The molecule has 0 radical (unpaired) electrons. The lowest BCUT2D eigenvalue weighted by Crippen LogP contribution is -2.46. The van der Waals surface area contributed by atoms with Gasteiger partial charge < -0.3 is 15.7 Å². The molecular weight excluding hydrogens is 168 g/mol. The molecule has 0 aromatic rings. The summed E-state index contributed by atoms with van der Waals surface area (Å²) in [6.07, 6.45) is 0.939. The molecule has 0 fully saturated rings. The Morgan fingerprint density at radius 3 is 2.54 bits per heavy atom. The summed E-state index contributed by atoms with van der Waals surface area (Å²) in [7, 11) is 0. The van der Waals surface area contributed by atoms with Crippen LogP contribution in [0, 0.1) is 0 Å². The van der Waals surface area contributed by atoms with Crippen molar-refractivity contribution in [3.63, 3.8) is 0 Å². The van der Waals surface area contributed by atoms with Crippen LogP contribution in [0.4, 0.5) is 0 Å².